The van der Waals surface area contributed by atoms with Crippen LogP contribution in [0.1, 0.15) is 67.2 Å². The van der Waals surface area contributed by atoms with Gasteiger partial charge < -0.3 is 0 Å². The Morgan fingerprint density at radius 3 is 1.74 bits per heavy atom. The van der Waals surface area contributed by atoms with Crippen LogP contribution in [-0.2, 0) is 9.32 Å². The molecule has 0 rings (SSSR count). The summed E-state index contributed by atoms with van der Waals surface area (Å²) in [6.07, 6.45) is 8.30. The summed E-state index contributed by atoms with van der Waals surface area (Å²) in [6, 6.07) is 0. The number of carbonyl (C=O) groups excluding carboxylic acids is 1. The van der Waals surface area contributed by atoms with E-state index in [-0.39, 0.29) is 11.9 Å². The second-order valence-corrected chi connectivity index (χ2v) is 12.2. The van der Waals surface area contributed by atoms with Gasteiger partial charge in [0.25, 0.3) is 0 Å². The third-order valence-electron chi connectivity index (χ3n) is 5.28. The van der Waals surface area contributed by atoms with E-state index >= 15 is 0 Å². The molecule has 0 aliphatic rings. The van der Waals surface area contributed by atoms with Gasteiger partial charge in [0.1, 0.15) is 0 Å². The molecule has 116 valence electrons. The molecule has 1 atom stereocenters. The average Bonchev–Trinajstić information content (AvgIpc) is 2.46. The molecule has 0 aromatic carbocycles. The average molecular weight is 290 g/mol. The van der Waals surface area contributed by atoms with Crippen molar-refractivity contribution in [2.24, 2.45) is 5.92 Å². The van der Waals surface area contributed by atoms with Gasteiger partial charge in [0.2, 0.25) is 0 Å². The SMILES string of the molecule is CCCCC(CC)C(=O)OP(CC)(CC)(CC)CC. The van der Waals surface area contributed by atoms with Gasteiger partial charge in [-0.3, -0.25) is 0 Å². The second-order valence-electron chi connectivity index (χ2n) is 5.78. The van der Waals surface area contributed by atoms with Gasteiger partial charge in [0.05, 0.1) is 0 Å². The van der Waals surface area contributed by atoms with Gasteiger partial charge in [-0.1, -0.05) is 0 Å². The van der Waals surface area contributed by atoms with Gasteiger partial charge in [-0.05, 0) is 0 Å². The van der Waals surface area contributed by atoms with E-state index in [2.05, 4.69) is 41.5 Å². The van der Waals surface area contributed by atoms with E-state index in [0.717, 1.165) is 50.3 Å². The maximum atomic E-state index is 12.5. The molecule has 19 heavy (non-hydrogen) atoms. The van der Waals surface area contributed by atoms with Crippen LogP contribution in [0, 0.1) is 5.92 Å². The Morgan fingerprint density at radius 1 is 0.947 bits per heavy atom. The molecule has 0 fully saturated rings. The van der Waals surface area contributed by atoms with E-state index in [0.29, 0.717) is 0 Å². The standard InChI is InChI=1S/C16H35O2P/c1-7-13-14-15(8-2)16(17)18-19(9-3,10-4,11-5)12-6/h15H,7-14H2,1-6H3. The molecule has 2 nitrogen and oxygen atoms in total. The van der Waals surface area contributed by atoms with Gasteiger partial charge in [0.15, 0.2) is 0 Å². The Labute approximate surface area is 120 Å². The van der Waals surface area contributed by atoms with Gasteiger partial charge >= 0.3 is 120 Å². The van der Waals surface area contributed by atoms with Crippen molar-refractivity contribution in [3.8, 4) is 0 Å². The van der Waals surface area contributed by atoms with E-state index in [1.54, 1.807) is 0 Å². The molecule has 0 aromatic rings. The van der Waals surface area contributed by atoms with Crippen LogP contribution >= 0.6 is 6.83 Å². The molecule has 1 unspecified atom stereocenters. The Hall–Kier alpha value is -0.100. The third kappa shape index (κ3) is 4.45. The fourth-order valence-electron chi connectivity index (χ4n) is 2.87. The van der Waals surface area contributed by atoms with Gasteiger partial charge in [-0.2, -0.15) is 0 Å². The minimum atomic E-state index is -2.25. The van der Waals surface area contributed by atoms with Crippen molar-refractivity contribution in [2.45, 2.75) is 67.2 Å². The van der Waals surface area contributed by atoms with Crippen LogP contribution in [0.3, 0.4) is 0 Å². The first-order valence-corrected chi connectivity index (χ1v) is 11.1. The van der Waals surface area contributed by atoms with Crippen LogP contribution in [0.25, 0.3) is 0 Å². The zero-order valence-electron chi connectivity index (χ0n) is 14.0. The van der Waals surface area contributed by atoms with Crippen molar-refractivity contribution in [3.63, 3.8) is 0 Å². The van der Waals surface area contributed by atoms with E-state index in [4.69, 9.17) is 4.52 Å². The molecule has 0 spiro atoms. The first kappa shape index (κ1) is 18.9. The summed E-state index contributed by atoms with van der Waals surface area (Å²) < 4.78 is 6.26. The third-order valence-corrected chi connectivity index (χ3v) is 12.4. The van der Waals surface area contributed by atoms with Crippen LogP contribution in [0.4, 0.5) is 0 Å². The molecule has 0 amide bonds. The van der Waals surface area contributed by atoms with E-state index in [1.165, 1.54) is 0 Å². The zero-order chi connectivity index (χ0) is 15.0. The van der Waals surface area contributed by atoms with Crippen LogP contribution in [0.15, 0.2) is 0 Å². The van der Waals surface area contributed by atoms with E-state index in [9.17, 15) is 4.79 Å². The molecule has 0 saturated carbocycles. The Kier molecular flexibility index (Phi) is 8.20. The van der Waals surface area contributed by atoms with Crippen molar-refractivity contribution in [2.75, 3.05) is 24.6 Å². The van der Waals surface area contributed by atoms with Crippen LogP contribution < -0.4 is 0 Å². The predicted molar refractivity (Wildman–Crippen MR) is 88.5 cm³/mol. The number of hydrogen-bond acceptors (Lipinski definition) is 2. The summed E-state index contributed by atoms with van der Waals surface area (Å²) in [5.41, 5.74) is 0. The summed E-state index contributed by atoms with van der Waals surface area (Å²) in [5.74, 6) is 0.193. The molecule has 0 heterocycles. The fraction of sp³-hybridized carbons (Fsp3) is 0.938. The molecule has 0 aliphatic heterocycles. The van der Waals surface area contributed by atoms with Crippen molar-refractivity contribution in [1.29, 1.82) is 0 Å². The van der Waals surface area contributed by atoms with Crippen LogP contribution in [0.2, 0.25) is 0 Å². The van der Waals surface area contributed by atoms with Gasteiger partial charge in [0, 0.05) is 0 Å². The molecular formula is C16H35O2P. The quantitative estimate of drug-likeness (QED) is 0.511. The predicted octanol–water partition coefficient (Wildman–Crippen LogP) is 5.29. The topological polar surface area (TPSA) is 26.3 Å². The molecule has 0 saturated heterocycles. The van der Waals surface area contributed by atoms with Crippen LogP contribution in [-0.4, -0.2) is 30.6 Å². The fourth-order valence-corrected chi connectivity index (χ4v) is 6.73. The van der Waals surface area contributed by atoms with Crippen LogP contribution in [0.5, 0.6) is 0 Å². The van der Waals surface area contributed by atoms with Crippen molar-refractivity contribution >= 4 is 12.8 Å². The van der Waals surface area contributed by atoms with Crippen molar-refractivity contribution in [1.82, 2.24) is 0 Å². The number of rotatable bonds is 10. The number of unbranched alkanes of at least 4 members (excludes halogenated alkanes) is 1. The normalized spacial score (nSPS) is 15.6. The number of hydrogen-bond donors (Lipinski definition) is 0. The first-order valence-electron chi connectivity index (χ1n) is 8.20. The van der Waals surface area contributed by atoms with E-state index < -0.39 is 6.83 Å². The maximum absolute atomic E-state index is 12.5. The molecule has 0 N–H and O–H groups in total. The molecular weight excluding hydrogens is 255 g/mol. The van der Waals surface area contributed by atoms with Gasteiger partial charge in [-0.15, -0.1) is 0 Å². The Bertz CT molecular complexity index is 248. The van der Waals surface area contributed by atoms with Crippen molar-refractivity contribution < 1.29 is 9.32 Å². The summed E-state index contributed by atoms with van der Waals surface area (Å²) >= 11 is 0. The minimum absolute atomic E-state index is 0.0843. The Balaban J connectivity index is 4.98. The van der Waals surface area contributed by atoms with Gasteiger partial charge in [-0.25, -0.2) is 0 Å². The summed E-state index contributed by atoms with van der Waals surface area (Å²) in [5, 5.41) is 0. The monoisotopic (exact) mass is 290 g/mol. The first-order chi connectivity index (χ1) is 8.96. The molecule has 0 radical (unpaired) electrons. The zero-order valence-corrected chi connectivity index (χ0v) is 14.9. The number of carbonyl (C=O) groups is 1. The van der Waals surface area contributed by atoms with Crippen molar-refractivity contribution in [3.05, 3.63) is 0 Å². The summed E-state index contributed by atoms with van der Waals surface area (Å²) in [4.78, 5) is 12.5. The van der Waals surface area contributed by atoms with E-state index in [1.807, 2.05) is 0 Å². The second kappa shape index (κ2) is 8.25. The molecule has 3 heteroatoms. The summed E-state index contributed by atoms with van der Waals surface area (Å²) in [6.45, 7) is 10.8. The molecule has 0 aliphatic carbocycles. The summed E-state index contributed by atoms with van der Waals surface area (Å²) in [7, 11) is 0. The molecule has 0 bridgehead atoms. The molecule has 0 aromatic heterocycles. The Morgan fingerprint density at radius 2 is 1.42 bits per heavy atom.